The second-order valence-corrected chi connectivity index (χ2v) is 11.1. The molecule has 1 aromatic heterocycles. The highest BCUT2D eigenvalue weighted by molar-refractivity contribution is 7.19. The number of ether oxygens (including phenoxy) is 1. The summed E-state index contributed by atoms with van der Waals surface area (Å²) in [7, 11) is 0. The standard InChI is InChI=1S/C21H33ClN4O3S/c1-20(2,3)29-17(27)14-9-11-21(23,12-10-14)26(15-7-5-4-6-8-15)19(28)25-18-24-13-16(22)30-18/h13-15H,4-12,23H2,1-3H3,(H,24,25,28). The molecule has 0 saturated heterocycles. The van der Waals surface area contributed by atoms with Crippen molar-refractivity contribution >= 4 is 40.1 Å². The van der Waals surface area contributed by atoms with Crippen LogP contribution in [0.1, 0.15) is 78.6 Å². The lowest BCUT2D eigenvalue weighted by Crippen LogP contribution is -2.64. The topological polar surface area (TPSA) is 97.5 Å². The van der Waals surface area contributed by atoms with Gasteiger partial charge in [0, 0.05) is 6.04 Å². The fourth-order valence-electron chi connectivity index (χ4n) is 4.51. The summed E-state index contributed by atoms with van der Waals surface area (Å²) in [5, 5.41) is 3.36. The molecular weight excluding hydrogens is 424 g/mol. The number of nitrogens with two attached hydrogens (primary N) is 1. The molecule has 1 heterocycles. The van der Waals surface area contributed by atoms with Crippen molar-refractivity contribution in [2.75, 3.05) is 5.32 Å². The number of amides is 2. The van der Waals surface area contributed by atoms with Gasteiger partial charge in [-0.15, -0.1) is 0 Å². The van der Waals surface area contributed by atoms with Gasteiger partial charge >= 0.3 is 12.0 Å². The van der Waals surface area contributed by atoms with Gasteiger partial charge in [0.2, 0.25) is 0 Å². The van der Waals surface area contributed by atoms with Crippen molar-refractivity contribution in [1.82, 2.24) is 9.88 Å². The monoisotopic (exact) mass is 456 g/mol. The minimum Gasteiger partial charge on any atom is -0.460 e. The average Bonchev–Trinajstić information content (AvgIpc) is 3.06. The summed E-state index contributed by atoms with van der Waals surface area (Å²) in [5.41, 5.74) is 5.56. The van der Waals surface area contributed by atoms with Crippen LogP contribution in [0.3, 0.4) is 0 Å². The first kappa shape index (κ1) is 23.3. The number of hydrogen-bond acceptors (Lipinski definition) is 6. The van der Waals surface area contributed by atoms with Gasteiger partial charge in [-0.25, -0.2) is 9.78 Å². The van der Waals surface area contributed by atoms with E-state index in [1.54, 1.807) is 0 Å². The minimum absolute atomic E-state index is 0.0947. The van der Waals surface area contributed by atoms with Crippen LogP contribution in [-0.2, 0) is 9.53 Å². The number of anilines is 1. The molecule has 7 nitrogen and oxygen atoms in total. The van der Waals surface area contributed by atoms with Crippen LogP contribution in [0, 0.1) is 5.92 Å². The van der Waals surface area contributed by atoms with Gasteiger partial charge in [0.1, 0.15) is 9.94 Å². The Morgan fingerprint density at radius 1 is 1.23 bits per heavy atom. The van der Waals surface area contributed by atoms with Crippen molar-refractivity contribution in [3.8, 4) is 0 Å². The summed E-state index contributed by atoms with van der Waals surface area (Å²) in [6, 6.07) is -0.136. The summed E-state index contributed by atoms with van der Waals surface area (Å²) < 4.78 is 6.08. The molecule has 0 atom stereocenters. The molecule has 2 aliphatic rings. The van der Waals surface area contributed by atoms with Gasteiger partial charge < -0.3 is 15.4 Å². The summed E-state index contributed by atoms with van der Waals surface area (Å²) in [5.74, 6) is -0.342. The molecule has 0 unspecified atom stereocenters. The van der Waals surface area contributed by atoms with E-state index in [2.05, 4.69) is 10.3 Å². The molecule has 0 spiro atoms. The Kier molecular flexibility index (Phi) is 7.30. The smallest absolute Gasteiger partial charge is 0.325 e. The SMILES string of the molecule is CC(C)(C)OC(=O)C1CCC(N)(N(C(=O)Nc2ncc(Cl)s2)C2CCCCC2)CC1. The quantitative estimate of drug-likeness (QED) is 0.482. The minimum atomic E-state index is -0.786. The fraction of sp³-hybridized carbons (Fsp3) is 0.762. The molecule has 9 heteroatoms. The van der Waals surface area contributed by atoms with E-state index in [0.717, 1.165) is 25.7 Å². The van der Waals surface area contributed by atoms with E-state index in [4.69, 9.17) is 22.1 Å². The van der Waals surface area contributed by atoms with E-state index in [1.165, 1.54) is 24.0 Å². The highest BCUT2D eigenvalue weighted by Crippen LogP contribution is 2.38. The van der Waals surface area contributed by atoms with Crippen LogP contribution in [-0.4, -0.2) is 39.2 Å². The number of nitrogens with one attached hydrogen (secondary N) is 1. The lowest BCUT2D eigenvalue weighted by atomic mass is 9.79. The zero-order valence-corrected chi connectivity index (χ0v) is 19.7. The summed E-state index contributed by atoms with van der Waals surface area (Å²) in [6.07, 6.45) is 9.15. The number of carbonyl (C=O) groups excluding carboxylic acids is 2. The summed E-state index contributed by atoms with van der Waals surface area (Å²) in [4.78, 5) is 31.8. The zero-order chi connectivity index (χ0) is 21.9. The molecule has 0 radical (unpaired) electrons. The van der Waals surface area contributed by atoms with Gasteiger partial charge in [0.15, 0.2) is 5.13 Å². The molecule has 1 aromatic rings. The largest absolute Gasteiger partial charge is 0.460 e. The van der Waals surface area contributed by atoms with Gasteiger partial charge in [-0.05, 0) is 59.3 Å². The van der Waals surface area contributed by atoms with E-state index in [9.17, 15) is 9.59 Å². The maximum Gasteiger partial charge on any atom is 0.325 e. The predicted octanol–water partition coefficient (Wildman–Crippen LogP) is 5.15. The van der Waals surface area contributed by atoms with Crippen molar-refractivity contribution in [2.45, 2.75) is 95.9 Å². The van der Waals surface area contributed by atoms with Gasteiger partial charge in [0.05, 0.1) is 17.8 Å². The Morgan fingerprint density at radius 3 is 2.40 bits per heavy atom. The van der Waals surface area contributed by atoms with Crippen LogP contribution in [0.15, 0.2) is 6.20 Å². The van der Waals surface area contributed by atoms with E-state index < -0.39 is 11.3 Å². The van der Waals surface area contributed by atoms with Crippen LogP contribution in [0.2, 0.25) is 4.34 Å². The van der Waals surface area contributed by atoms with Crippen molar-refractivity contribution in [3.05, 3.63) is 10.5 Å². The van der Waals surface area contributed by atoms with Crippen LogP contribution < -0.4 is 11.1 Å². The number of rotatable bonds is 4. The first-order chi connectivity index (χ1) is 14.1. The van der Waals surface area contributed by atoms with Crippen LogP contribution in [0.4, 0.5) is 9.93 Å². The Bertz CT molecular complexity index is 750. The second kappa shape index (κ2) is 9.40. The van der Waals surface area contributed by atoms with E-state index in [0.29, 0.717) is 35.2 Å². The highest BCUT2D eigenvalue weighted by atomic mass is 35.5. The van der Waals surface area contributed by atoms with Crippen LogP contribution in [0.25, 0.3) is 0 Å². The zero-order valence-electron chi connectivity index (χ0n) is 18.1. The number of halogens is 1. The summed E-state index contributed by atoms with van der Waals surface area (Å²) >= 11 is 7.19. The molecule has 0 aromatic carbocycles. The van der Waals surface area contributed by atoms with E-state index in [-0.39, 0.29) is 24.0 Å². The number of nitrogens with zero attached hydrogens (tertiary/aromatic N) is 2. The van der Waals surface area contributed by atoms with Gasteiger partial charge in [-0.2, -0.15) is 0 Å². The van der Waals surface area contributed by atoms with Crippen molar-refractivity contribution in [1.29, 1.82) is 0 Å². The third kappa shape index (κ3) is 5.86. The Morgan fingerprint density at radius 2 is 1.87 bits per heavy atom. The van der Waals surface area contributed by atoms with Gasteiger partial charge in [0.25, 0.3) is 0 Å². The normalized spacial score (nSPS) is 25.6. The molecular formula is C21H33ClN4O3S. The predicted molar refractivity (Wildman–Crippen MR) is 120 cm³/mol. The Labute approximate surface area is 187 Å². The third-order valence-electron chi connectivity index (χ3n) is 5.92. The molecule has 2 fully saturated rings. The summed E-state index contributed by atoms with van der Waals surface area (Å²) in [6.45, 7) is 5.63. The van der Waals surface area contributed by atoms with Crippen molar-refractivity contribution in [2.24, 2.45) is 11.7 Å². The molecule has 0 bridgehead atoms. The number of hydrogen-bond donors (Lipinski definition) is 2. The van der Waals surface area contributed by atoms with Crippen molar-refractivity contribution in [3.63, 3.8) is 0 Å². The lowest BCUT2D eigenvalue weighted by molar-refractivity contribution is -0.162. The molecule has 2 amide bonds. The maximum absolute atomic E-state index is 13.3. The molecule has 2 saturated carbocycles. The molecule has 2 aliphatic carbocycles. The Hall–Kier alpha value is -1.38. The average molecular weight is 457 g/mol. The molecule has 168 valence electrons. The number of urea groups is 1. The molecule has 3 N–H and O–H groups in total. The molecule has 30 heavy (non-hydrogen) atoms. The molecule has 0 aliphatic heterocycles. The van der Waals surface area contributed by atoms with Gasteiger partial charge in [-0.3, -0.25) is 10.1 Å². The van der Waals surface area contributed by atoms with E-state index in [1.807, 2.05) is 25.7 Å². The number of carbonyl (C=O) groups is 2. The number of esters is 1. The molecule has 3 rings (SSSR count). The number of aromatic nitrogens is 1. The van der Waals surface area contributed by atoms with Crippen LogP contribution >= 0.6 is 22.9 Å². The first-order valence-electron chi connectivity index (χ1n) is 10.8. The highest BCUT2D eigenvalue weighted by Gasteiger charge is 2.45. The lowest BCUT2D eigenvalue weighted by Gasteiger charge is -2.49. The maximum atomic E-state index is 13.3. The first-order valence-corrected chi connectivity index (χ1v) is 12.0. The van der Waals surface area contributed by atoms with Crippen molar-refractivity contribution < 1.29 is 14.3 Å². The van der Waals surface area contributed by atoms with Gasteiger partial charge in [-0.1, -0.05) is 42.2 Å². The Balaban J connectivity index is 1.72. The van der Waals surface area contributed by atoms with E-state index >= 15 is 0 Å². The third-order valence-corrected chi connectivity index (χ3v) is 6.95. The fourth-order valence-corrected chi connectivity index (χ4v) is 5.32. The number of thiazole rings is 1. The second-order valence-electron chi connectivity index (χ2n) is 9.47. The van der Waals surface area contributed by atoms with Crippen LogP contribution in [0.5, 0.6) is 0 Å².